The quantitative estimate of drug-likeness (QED) is 0.677. The molecule has 0 radical (unpaired) electrons. The summed E-state index contributed by atoms with van der Waals surface area (Å²) in [5, 5.41) is 0.444. The fourth-order valence-corrected chi connectivity index (χ4v) is 3.51. The molecule has 3 unspecified atom stereocenters. The molecule has 0 aromatic carbocycles. The van der Waals surface area contributed by atoms with Gasteiger partial charge in [-0.3, -0.25) is 0 Å². The number of rotatable bonds is 5. The molecule has 3 heteroatoms. The standard InChI is InChI=1S/C14H27ClOS/c1-5-11(17-15)10-16-13-9-7-6-8-12(13)14(2,3)4/h11-13H,5-10H2,1-4H3. The maximum atomic E-state index is 6.16. The predicted octanol–water partition coefficient (Wildman–Crippen LogP) is 5.27. The second-order valence-electron chi connectivity index (χ2n) is 6.25. The first kappa shape index (κ1) is 15.7. The van der Waals surface area contributed by atoms with Crippen LogP contribution in [-0.2, 0) is 4.74 Å². The average Bonchev–Trinajstić information content (AvgIpc) is 2.29. The van der Waals surface area contributed by atoms with Crippen LogP contribution in [-0.4, -0.2) is 18.0 Å². The van der Waals surface area contributed by atoms with E-state index in [2.05, 4.69) is 27.7 Å². The molecule has 0 amide bonds. The highest BCUT2D eigenvalue weighted by Gasteiger charge is 2.34. The molecule has 17 heavy (non-hydrogen) atoms. The third-order valence-corrected chi connectivity index (χ3v) is 5.37. The Kier molecular flexibility index (Phi) is 6.68. The Labute approximate surface area is 116 Å². The molecule has 1 fully saturated rings. The first-order valence-corrected chi connectivity index (χ1v) is 8.58. The van der Waals surface area contributed by atoms with E-state index in [0.29, 0.717) is 22.7 Å². The molecule has 0 saturated heterocycles. The molecule has 0 spiro atoms. The van der Waals surface area contributed by atoms with E-state index in [1.807, 2.05) is 0 Å². The highest BCUT2D eigenvalue weighted by atomic mass is 35.7. The monoisotopic (exact) mass is 278 g/mol. The van der Waals surface area contributed by atoms with E-state index in [9.17, 15) is 0 Å². The van der Waals surface area contributed by atoms with Crippen molar-refractivity contribution in [1.82, 2.24) is 0 Å². The van der Waals surface area contributed by atoms with Crippen molar-refractivity contribution in [3.63, 3.8) is 0 Å². The molecule has 0 aromatic heterocycles. The van der Waals surface area contributed by atoms with Crippen molar-refractivity contribution in [2.24, 2.45) is 11.3 Å². The zero-order chi connectivity index (χ0) is 12.9. The molecule has 3 atom stereocenters. The fourth-order valence-electron chi connectivity index (χ4n) is 2.72. The van der Waals surface area contributed by atoms with Gasteiger partial charge in [0.05, 0.1) is 12.7 Å². The van der Waals surface area contributed by atoms with Crippen LogP contribution in [0, 0.1) is 11.3 Å². The highest BCUT2D eigenvalue weighted by Crippen LogP contribution is 2.39. The van der Waals surface area contributed by atoms with E-state index in [-0.39, 0.29) is 0 Å². The topological polar surface area (TPSA) is 9.23 Å². The summed E-state index contributed by atoms with van der Waals surface area (Å²) < 4.78 is 6.16. The Morgan fingerprint density at radius 2 is 1.94 bits per heavy atom. The van der Waals surface area contributed by atoms with Crippen LogP contribution >= 0.6 is 21.7 Å². The van der Waals surface area contributed by atoms with Gasteiger partial charge in [-0.2, -0.15) is 0 Å². The van der Waals surface area contributed by atoms with Crippen molar-refractivity contribution in [1.29, 1.82) is 0 Å². The van der Waals surface area contributed by atoms with Crippen LogP contribution in [0.1, 0.15) is 59.8 Å². The lowest BCUT2D eigenvalue weighted by Crippen LogP contribution is -2.37. The third kappa shape index (κ3) is 5.00. The van der Waals surface area contributed by atoms with Crippen molar-refractivity contribution in [3.05, 3.63) is 0 Å². The molecule has 0 bridgehead atoms. The first-order valence-electron chi connectivity index (χ1n) is 6.88. The van der Waals surface area contributed by atoms with Crippen LogP contribution < -0.4 is 0 Å². The Hall–Kier alpha value is 0.600. The average molecular weight is 279 g/mol. The van der Waals surface area contributed by atoms with Gasteiger partial charge < -0.3 is 4.74 Å². The minimum absolute atomic E-state index is 0.362. The van der Waals surface area contributed by atoms with Crippen molar-refractivity contribution >= 4 is 21.7 Å². The molecule has 1 rings (SSSR count). The molecule has 1 aliphatic rings. The van der Waals surface area contributed by atoms with E-state index < -0.39 is 0 Å². The summed E-state index contributed by atoms with van der Waals surface area (Å²) in [6.45, 7) is 10.0. The van der Waals surface area contributed by atoms with Gasteiger partial charge in [0.15, 0.2) is 0 Å². The Bertz CT molecular complexity index is 211. The Balaban J connectivity index is 2.48. The van der Waals surface area contributed by atoms with Gasteiger partial charge in [0.25, 0.3) is 0 Å². The van der Waals surface area contributed by atoms with Crippen molar-refractivity contribution in [2.45, 2.75) is 71.2 Å². The van der Waals surface area contributed by atoms with Crippen LogP contribution in [0.25, 0.3) is 0 Å². The largest absolute Gasteiger partial charge is 0.377 e. The van der Waals surface area contributed by atoms with E-state index in [0.717, 1.165) is 13.0 Å². The van der Waals surface area contributed by atoms with Gasteiger partial charge in [-0.05, 0) is 52.3 Å². The molecule has 0 heterocycles. The molecule has 1 aliphatic carbocycles. The van der Waals surface area contributed by atoms with Crippen LogP contribution in [0.4, 0.5) is 0 Å². The van der Waals surface area contributed by atoms with E-state index in [1.165, 1.54) is 36.7 Å². The Morgan fingerprint density at radius 3 is 2.47 bits per heavy atom. The molecule has 1 nitrogen and oxygen atoms in total. The van der Waals surface area contributed by atoms with Crippen molar-refractivity contribution in [3.8, 4) is 0 Å². The van der Waals surface area contributed by atoms with E-state index in [1.54, 1.807) is 0 Å². The SMILES string of the molecule is CCC(COC1CCCCC1C(C)(C)C)SCl. The summed E-state index contributed by atoms with van der Waals surface area (Å²) in [6, 6.07) is 0. The van der Waals surface area contributed by atoms with Gasteiger partial charge >= 0.3 is 0 Å². The van der Waals surface area contributed by atoms with Gasteiger partial charge in [-0.25, -0.2) is 0 Å². The van der Waals surface area contributed by atoms with Crippen molar-refractivity contribution in [2.75, 3.05) is 6.61 Å². The second kappa shape index (κ2) is 7.25. The highest BCUT2D eigenvalue weighted by molar-refractivity contribution is 8.21. The molecule has 102 valence electrons. The normalized spacial score (nSPS) is 28.1. The van der Waals surface area contributed by atoms with Gasteiger partial charge in [-0.1, -0.05) is 40.5 Å². The number of halogens is 1. The fraction of sp³-hybridized carbons (Fsp3) is 1.00. The summed E-state index contributed by atoms with van der Waals surface area (Å²) in [4.78, 5) is 0. The van der Waals surface area contributed by atoms with E-state index >= 15 is 0 Å². The van der Waals surface area contributed by atoms with Gasteiger partial charge in [0, 0.05) is 5.25 Å². The molecule has 0 aromatic rings. The summed E-state index contributed by atoms with van der Waals surface area (Å²) >= 11 is 0. The van der Waals surface area contributed by atoms with Crippen LogP contribution in [0.15, 0.2) is 0 Å². The lowest BCUT2D eigenvalue weighted by atomic mass is 9.71. The second-order valence-corrected chi connectivity index (χ2v) is 7.63. The third-order valence-electron chi connectivity index (χ3n) is 3.89. The van der Waals surface area contributed by atoms with Crippen LogP contribution in [0.5, 0.6) is 0 Å². The van der Waals surface area contributed by atoms with Crippen molar-refractivity contribution < 1.29 is 4.74 Å². The molecule has 1 saturated carbocycles. The van der Waals surface area contributed by atoms with Crippen LogP contribution in [0.2, 0.25) is 0 Å². The molecular weight excluding hydrogens is 252 g/mol. The number of ether oxygens (including phenoxy) is 1. The molecule has 0 N–H and O–H groups in total. The van der Waals surface area contributed by atoms with Gasteiger partial charge in [0.2, 0.25) is 0 Å². The molecular formula is C14H27ClOS. The maximum absolute atomic E-state index is 6.16. The first-order chi connectivity index (χ1) is 7.99. The summed E-state index contributed by atoms with van der Waals surface area (Å²) in [5.41, 5.74) is 0.362. The minimum atomic E-state index is 0.362. The Morgan fingerprint density at radius 1 is 1.29 bits per heavy atom. The smallest absolute Gasteiger partial charge is 0.0608 e. The van der Waals surface area contributed by atoms with Gasteiger partial charge in [-0.15, -0.1) is 0 Å². The zero-order valence-electron chi connectivity index (χ0n) is 11.7. The summed E-state index contributed by atoms with van der Waals surface area (Å²) in [7, 11) is 7.26. The minimum Gasteiger partial charge on any atom is -0.377 e. The molecule has 0 aliphatic heterocycles. The lowest BCUT2D eigenvalue weighted by molar-refractivity contribution is -0.0469. The number of hydrogen-bond acceptors (Lipinski definition) is 2. The van der Waals surface area contributed by atoms with E-state index in [4.69, 9.17) is 15.4 Å². The lowest BCUT2D eigenvalue weighted by Gasteiger charge is -2.40. The number of hydrogen-bond donors (Lipinski definition) is 0. The summed E-state index contributed by atoms with van der Waals surface area (Å²) in [5.74, 6) is 0.703. The predicted molar refractivity (Wildman–Crippen MR) is 78.7 cm³/mol. The van der Waals surface area contributed by atoms with Gasteiger partial charge in [0.1, 0.15) is 0 Å². The summed E-state index contributed by atoms with van der Waals surface area (Å²) in [6.07, 6.45) is 6.76. The maximum Gasteiger partial charge on any atom is 0.0608 e. The van der Waals surface area contributed by atoms with Crippen LogP contribution in [0.3, 0.4) is 0 Å². The zero-order valence-corrected chi connectivity index (χ0v) is 13.2.